The lowest BCUT2D eigenvalue weighted by atomic mass is 10.5. The minimum absolute atomic E-state index is 0.493. The van der Waals surface area contributed by atoms with E-state index < -0.39 is 0 Å². The predicted octanol–water partition coefficient (Wildman–Crippen LogP) is 2.65. The van der Waals surface area contributed by atoms with Crippen LogP contribution in [0.15, 0.2) is 14.6 Å². The molecule has 3 nitrogen and oxygen atoms in total. The topological polar surface area (TPSA) is 33.6 Å². The molecular formula is C6H5ClN2OS2. The van der Waals surface area contributed by atoms with Crippen LogP contribution in [-0.4, -0.2) is 13.1 Å². The van der Waals surface area contributed by atoms with Gasteiger partial charge in [0, 0.05) is 17.3 Å². The van der Waals surface area contributed by atoms with Gasteiger partial charge in [0.25, 0.3) is 6.02 Å². The van der Waals surface area contributed by atoms with E-state index in [2.05, 4.69) is 9.71 Å². The number of hydrogen-bond donors (Lipinski definition) is 1. The smallest absolute Gasteiger partial charge is 0.300 e. The molecule has 0 saturated heterocycles. The van der Waals surface area contributed by atoms with Gasteiger partial charge in [-0.3, -0.25) is 4.72 Å². The standard InChI is InChI=1S/C6H5ClN2OS2/c1-10-6-8-4-3(7)2-11-5(4)12-9-6/h2H,1H3,(H,8,9). The van der Waals surface area contributed by atoms with Crippen molar-refractivity contribution >= 4 is 46.6 Å². The molecule has 0 saturated carbocycles. The molecule has 2 heterocycles. The van der Waals surface area contributed by atoms with Crippen molar-refractivity contribution in [1.82, 2.24) is 4.72 Å². The fourth-order valence-corrected chi connectivity index (χ4v) is 2.78. The number of aliphatic imine (C=N–C) groups is 1. The lowest BCUT2D eigenvalue weighted by Crippen LogP contribution is -2.19. The van der Waals surface area contributed by atoms with Crippen molar-refractivity contribution in [3.63, 3.8) is 0 Å². The maximum Gasteiger partial charge on any atom is 0.300 e. The van der Waals surface area contributed by atoms with Crippen molar-refractivity contribution in [2.45, 2.75) is 4.21 Å². The summed E-state index contributed by atoms with van der Waals surface area (Å²) in [6.45, 7) is 0. The number of methoxy groups -OCH3 is 1. The SMILES string of the molecule is COC1=Nc2c(Cl)csc2SN1. The second-order valence-electron chi connectivity index (χ2n) is 2.04. The van der Waals surface area contributed by atoms with Gasteiger partial charge in [0.1, 0.15) is 9.90 Å². The highest BCUT2D eigenvalue weighted by Crippen LogP contribution is 2.42. The Kier molecular flexibility index (Phi) is 2.16. The lowest BCUT2D eigenvalue weighted by molar-refractivity contribution is 0.392. The van der Waals surface area contributed by atoms with E-state index >= 15 is 0 Å². The van der Waals surface area contributed by atoms with E-state index in [1.165, 1.54) is 11.9 Å². The van der Waals surface area contributed by atoms with Gasteiger partial charge in [-0.1, -0.05) is 11.6 Å². The van der Waals surface area contributed by atoms with Crippen LogP contribution in [0.1, 0.15) is 0 Å². The number of hydrogen-bond acceptors (Lipinski definition) is 5. The fourth-order valence-electron chi connectivity index (χ4n) is 0.788. The molecule has 1 N–H and O–H groups in total. The van der Waals surface area contributed by atoms with Crippen molar-refractivity contribution in [1.29, 1.82) is 0 Å². The molecule has 2 rings (SSSR count). The van der Waals surface area contributed by atoms with Crippen molar-refractivity contribution < 1.29 is 4.74 Å². The van der Waals surface area contributed by atoms with Gasteiger partial charge < -0.3 is 4.74 Å². The molecule has 64 valence electrons. The number of amidine groups is 1. The van der Waals surface area contributed by atoms with Crippen molar-refractivity contribution in [3.05, 3.63) is 10.4 Å². The third-order valence-electron chi connectivity index (χ3n) is 1.33. The molecule has 0 spiro atoms. The van der Waals surface area contributed by atoms with E-state index in [-0.39, 0.29) is 0 Å². The highest BCUT2D eigenvalue weighted by Gasteiger charge is 2.17. The Balaban J connectivity index is 2.44. The number of fused-ring (bicyclic) bond motifs is 1. The van der Waals surface area contributed by atoms with Gasteiger partial charge in [0.05, 0.1) is 12.1 Å². The molecule has 1 aliphatic rings. The molecule has 0 bridgehead atoms. The summed E-state index contributed by atoms with van der Waals surface area (Å²) in [6, 6.07) is 0.493. The van der Waals surface area contributed by atoms with Gasteiger partial charge in [-0.05, 0) is 0 Å². The number of nitrogens with one attached hydrogen (secondary N) is 1. The number of thiophene rings is 1. The molecule has 0 amide bonds. The van der Waals surface area contributed by atoms with E-state index in [1.807, 2.05) is 5.38 Å². The Labute approximate surface area is 82.9 Å². The Morgan fingerprint density at radius 2 is 2.50 bits per heavy atom. The number of halogens is 1. The molecule has 6 heteroatoms. The first-order chi connectivity index (χ1) is 5.81. The van der Waals surface area contributed by atoms with Crippen LogP contribution in [0.2, 0.25) is 5.02 Å². The van der Waals surface area contributed by atoms with E-state index in [0.29, 0.717) is 11.0 Å². The summed E-state index contributed by atoms with van der Waals surface area (Å²) in [4.78, 5) is 4.16. The number of nitrogens with zero attached hydrogens (tertiary/aromatic N) is 1. The van der Waals surface area contributed by atoms with Gasteiger partial charge in [-0.25, -0.2) is 0 Å². The highest BCUT2D eigenvalue weighted by molar-refractivity contribution is 8.00. The van der Waals surface area contributed by atoms with E-state index in [9.17, 15) is 0 Å². The molecule has 0 unspecified atom stereocenters. The minimum atomic E-state index is 0.493. The van der Waals surface area contributed by atoms with Gasteiger partial charge in [-0.15, -0.1) is 11.3 Å². The molecule has 0 fully saturated rings. The third kappa shape index (κ3) is 1.28. The van der Waals surface area contributed by atoms with Crippen LogP contribution in [0.25, 0.3) is 0 Å². The molecule has 1 aromatic rings. The second kappa shape index (κ2) is 3.16. The first-order valence-corrected chi connectivity index (χ1v) is 5.21. The molecule has 0 aliphatic carbocycles. The molecule has 0 atom stereocenters. The summed E-state index contributed by atoms with van der Waals surface area (Å²) in [7, 11) is 1.57. The summed E-state index contributed by atoms with van der Waals surface area (Å²) in [5.74, 6) is 0. The zero-order chi connectivity index (χ0) is 8.55. The van der Waals surface area contributed by atoms with Gasteiger partial charge in [0.15, 0.2) is 0 Å². The Hall–Kier alpha value is -0.390. The zero-order valence-electron chi connectivity index (χ0n) is 6.13. The first kappa shape index (κ1) is 8.22. The molecule has 12 heavy (non-hydrogen) atoms. The fraction of sp³-hybridized carbons (Fsp3) is 0.167. The average molecular weight is 221 g/mol. The van der Waals surface area contributed by atoms with Crippen molar-refractivity contribution in [2.75, 3.05) is 7.11 Å². The zero-order valence-corrected chi connectivity index (χ0v) is 8.52. The third-order valence-corrected chi connectivity index (χ3v) is 3.70. The summed E-state index contributed by atoms with van der Waals surface area (Å²) >= 11 is 8.93. The van der Waals surface area contributed by atoms with Crippen molar-refractivity contribution in [2.24, 2.45) is 4.99 Å². The predicted molar refractivity (Wildman–Crippen MR) is 52.4 cm³/mol. The second-order valence-corrected chi connectivity index (χ2v) is 4.41. The Morgan fingerprint density at radius 1 is 1.67 bits per heavy atom. The van der Waals surface area contributed by atoms with Crippen LogP contribution in [0.3, 0.4) is 0 Å². The maximum absolute atomic E-state index is 5.89. The largest absolute Gasteiger partial charge is 0.468 e. The number of rotatable bonds is 0. The van der Waals surface area contributed by atoms with Crippen LogP contribution < -0.4 is 4.72 Å². The average Bonchev–Trinajstić information content (AvgIpc) is 2.47. The van der Waals surface area contributed by atoms with Crippen molar-refractivity contribution in [3.8, 4) is 0 Å². The molecule has 0 radical (unpaired) electrons. The summed E-state index contributed by atoms with van der Waals surface area (Å²) in [6.07, 6.45) is 0. The summed E-state index contributed by atoms with van der Waals surface area (Å²) in [5.41, 5.74) is 0.808. The maximum atomic E-state index is 5.89. The van der Waals surface area contributed by atoms with Crippen LogP contribution in [0.4, 0.5) is 5.69 Å². The molecule has 1 aromatic heterocycles. The van der Waals surface area contributed by atoms with E-state index in [0.717, 1.165) is 9.90 Å². The molecular weight excluding hydrogens is 216 g/mol. The Morgan fingerprint density at radius 3 is 3.25 bits per heavy atom. The highest BCUT2D eigenvalue weighted by atomic mass is 35.5. The molecule has 1 aliphatic heterocycles. The minimum Gasteiger partial charge on any atom is -0.468 e. The van der Waals surface area contributed by atoms with Crippen LogP contribution in [0.5, 0.6) is 0 Å². The van der Waals surface area contributed by atoms with E-state index in [4.69, 9.17) is 16.3 Å². The summed E-state index contributed by atoms with van der Waals surface area (Å²) in [5, 5.41) is 2.54. The number of ether oxygens (including phenoxy) is 1. The first-order valence-electron chi connectivity index (χ1n) is 3.14. The quantitative estimate of drug-likeness (QED) is 0.683. The monoisotopic (exact) mass is 220 g/mol. The normalized spacial score (nSPS) is 14.7. The van der Waals surface area contributed by atoms with Gasteiger partial charge in [0.2, 0.25) is 0 Å². The van der Waals surface area contributed by atoms with Crippen LogP contribution >= 0.6 is 34.9 Å². The van der Waals surface area contributed by atoms with E-state index in [1.54, 1.807) is 18.4 Å². The lowest BCUT2D eigenvalue weighted by Gasteiger charge is -2.11. The van der Waals surface area contributed by atoms with Gasteiger partial charge in [-0.2, -0.15) is 4.99 Å². The van der Waals surface area contributed by atoms with Gasteiger partial charge >= 0.3 is 0 Å². The molecule has 0 aromatic carbocycles. The Bertz CT molecular complexity index is 336. The van der Waals surface area contributed by atoms with Crippen LogP contribution in [0, 0.1) is 0 Å². The summed E-state index contributed by atoms with van der Waals surface area (Å²) < 4.78 is 8.94. The van der Waals surface area contributed by atoms with Crippen LogP contribution in [-0.2, 0) is 4.74 Å².